The van der Waals surface area contributed by atoms with E-state index in [1.54, 1.807) is 0 Å². The maximum Gasteiger partial charge on any atom is 0.259 e. The summed E-state index contributed by atoms with van der Waals surface area (Å²) in [5.41, 5.74) is 2.91. The molecule has 6 nitrogen and oxygen atoms in total. The topological polar surface area (TPSA) is 75.7 Å². The minimum Gasteiger partial charge on any atom is -0.496 e. The minimum absolute atomic E-state index is 0.107. The third-order valence-corrected chi connectivity index (χ3v) is 6.64. The lowest BCUT2D eigenvalue weighted by Crippen LogP contribution is -2.28. The largest absolute Gasteiger partial charge is 0.496 e. The van der Waals surface area contributed by atoms with Gasteiger partial charge in [-0.15, -0.1) is 0 Å². The van der Waals surface area contributed by atoms with Gasteiger partial charge in [0.2, 0.25) is 10.0 Å². The highest BCUT2D eigenvalue weighted by atomic mass is 32.2. The van der Waals surface area contributed by atoms with E-state index in [1.807, 2.05) is 32.0 Å². The molecule has 0 unspecified atom stereocenters. The van der Waals surface area contributed by atoms with Gasteiger partial charge < -0.3 is 10.1 Å². The number of methoxy groups -OCH3 is 1. The van der Waals surface area contributed by atoms with E-state index in [2.05, 4.69) is 5.32 Å². The highest BCUT2D eigenvalue weighted by Gasteiger charge is 2.28. The summed E-state index contributed by atoms with van der Waals surface area (Å²) >= 11 is 0. The lowest BCUT2D eigenvalue weighted by Gasteiger charge is -2.17. The quantitative estimate of drug-likeness (QED) is 0.852. The molecule has 0 saturated carbocycles. The van der Waals surface area contributed by atoms with Crippen LogP contribution in [0.5, 0.6) is 5.75 Å². The van der Waals surface area contributed by atoms with Gasteiger partial charge in [0.15, 0.2) is 0 Å². The summed E-state index contributed by atoms with van der Waals surface area (Å²) in [7, 11) is -2.15. The molecule has 144 valence electrons. The Hall–Kier alpha value is -2.38. The van der Waals surface area contributed by atoms with Crippen molar-refractivity contribution in [3.05, 3.63) is 53.1 Å². The van der Waals surface area contributed by atoms with E-state index in [-0.39, 0.29) is 10.5 Å². The Labute approximate surface area is 160 Å². The first-order valence-corrected chi connectivity index (χ1v) is 10.3. The second kappa shape index (κ2) is 7.70. The number of rotatable bonds is 5. The van der Waals surface area contributed by atoms with Crippen LogP contribution in [0.2, 0.25) is 0 Å². The monoisotopic (exact) mass is 388 g/mol. The van der Waals surface area contributed by atoms with Crippen molar-refractivity contribution >= 4 is 21.6 Å². The number of aryl methyl sites for hydroxylation is 2. The summed E-state index contributed by atoms with van der Waals surface area (Å²) in [6.07, 6.45) is 1.71. The molecule has 1 aliphatic rings. The standard InChI is InChI=1S/C20H24N2O4S/c1-14-6-8-18(15(2)12-14)21-20(23)17-13-16(7-9-19(17)26-3)27(24,25)22-10-4-5-11-22/h6-9,12-13H,4-5,10-11H2,1-3H3,(H,21,23). The molecule has 3 rings (SSSR count). The second-order valence-electron chi connectivity index (χ2n) is 6.75. The van der Waals surface area contributed by atoms with Crippen molar-refractivity contribution in [2.45, 2.75) is 31.6 Å². The summed E-state index contributed by atoms with van der Waals surface area (Å²) in [6.45, 7) is 4.92. The van der Waals surface area contributed by atoms with E-state index in [4.69, 9.17) is 4.74 Å². The van der Waals surface area contributed by atoms with Crippen LogP contribution in [-0.4, -0.2) is 38.8 Å². The Balaban J connectivity index is 1.94. The highest BCUT2D eigenvalue weighted by molar-refractivity contribution is 7.89. The summed E-state index contributed by atoms with van der Waals surface area (Å²) in [5.74, 6) is -0.0742. The van der Waals surface area contributed by atoms with Gasteiger partial charge in [0.1, 0.15) is 5.75 Å². The molecular weight excluding hydrogens is 364 g/mol. The van der Waals surface area contributed by atoms with Crippen LogP contribution >= 0.6 is 0 Å². The zero-order valence-corrected chi connectivity index (χ0v) is 16.6. The van der Waals surface area contributed by atoms with Gasteiger partial charge in [0.05, 0.1) is 17.6 Å². The minimum atomic E-state index is -3.61. The predicted octanol–water partition coefficient (Wildman–Crippen LogP) is 3.35. The van der Waals surface area contributed by atoms with Gasteiger partial charge in [-0.3, -0.25) is 4.79 Å². The van der Waals surface area contributed by atoms with Crippen molar-refractivity contribution in [3.8, 4) is 5.75 Å². The van der Waals surface area contributed by atoms with Crippen LogP contribution in [0.25, 0.3) is 0 Å². The van der Waals surface area contributed by atoms with Gasteiger partial charge in [-0.1, -0.05) is 17.7 Å². The Bertz CT molecular complexity index is 964. The Morgan fingerprint density at radius 1 is 1.07 bits per heavy atom. The van der Waals surface area contributed by atoms with Crippen LogP contribution in [0.4, 0.5) is 5.69 Å². The smallest absolute Gasteiger partial charge is 0.259 e. The van der Waals surface area contributed by atoms with Crippen LogP contribution < -0.4 is 10.1 Å². The van der Waals surface area contributed by atoms with E-state index in [1.165, 1.54) is 29.6 Å². The van der Waals surface area contributed by atoms with Crippen molar-refractivity contribution in [3.63, 3.8) is 0 Å². The number of benzene rings is 2. The second-order valence-corrected chi connectivity index (χ2v) is 8.68. The lowest BCUT2D eigenvalue weighted by molar-refractivity contribution is 0.102. The highest BCUT2D eigenvalue weighted by Crippen LogP contribution is 2.27. The maximum atomic E-state index is 12.8. The number of carbonyl (C=O) groups is 1. The molecule has 1 N–H and O–H groups in total. The number of hydrogen-bond acceptors (Lipinski definition) is 4. The molecule has 0 radical (unpaired) electrons. The molecule has 0 aliphatic carbocycles. The lowest BCUT2D eigenvalue weighted by atomic mass is 10.1. The van der Waals surface area contributed by atoms with Crippen molar-refractivity contribution in [1.82, 2.24) is 4.31 Å². The molecule has 1 amide bonds. The average Bonchev–Trinajstić information content (AvgIpc) is 3.19. The molecule has 1 aliphatic heterocycles. The number of sulfonamides is 1. The van der Waals surface area contributed by atoms with E-state index in [9.17, 15) is 13.2 Å². The number of carbonyl (C=O) groups excluding carboxylic acids is 1. The van der Waals surface area contributed by atoms with Gasteiger partial charge >= 0.3 is 0 Å². The first kappa shape index (κ1) is 19.4. The first-order valence-electron chi connectivity index (χ1n) is 8.90. The fraction of sp³-hybridized carbons (Fsp3) is 0.350. The SMILES string of the molecule is COc1ccc(S(=O)(=O)N2CCCC2)cc1C(=O)Nc1ccc(C)cc1C. The van der Waals surface area contributed by atoms with Gasteiger partial charge in [0.25, 0.3) is 5.91 Å². The Kier molecular flexibility index (Phi) is 5.53. The normalized spacial score (nSPS) is 14.9. The number of anilines is 1. The molecule has 0 atom stereocenters. The Morgan fingerprint density at radius 3 is 2.41 bits per heavy atom. The molecule has 27 heavy (non-hydrogen) atoms. The summed E-state index contributed by atoms with van der Waals surface area (Å²) in [4.78, 5) is 12.9. The number of hydrogen-bond donors (Lipinski definition) is 1. The molecule has 0 spiro atoms. The van der Waals surface area contributed by atoms with Crippen LogP contribution in [-0.2, 0) is 10.0 Å². The molecule has 2 aromatic carbocycles. The third kappa shape index (κ3) is 3.99. The molecule has 2 aromatic rings. The fourth-order valence-corrected chi connectivity index (χ4v) is 4.79. The van der Waals surface area contributed by atoms with E-state index < -0.39 is 15.9 Å². The van der Waals surface area contributed by atoms with Crippen molar-refractivity contribution in [2.75, 3.05) is 25.5 Å². The Morgan fingerprint density at radius 2 is 1.78 bits per heavy atom. The molecular formula is C20H24N2O4S. The van der Waals surface area contributed by atoms with Crippen LogP contribution in [0.15, 0.2) is 41.3 Å². The van der Waals surface area contributed by atoms with Crippen molar-refractivity contribution in [2.24, 2.45) is 0 Å². The van der Waals surface area contributed by atoms with Crippen LogP contribution in [0.3, 0.4) is 0 Å². The first-order chi connectivity index (χ1) is 12.8. The maximum absolute atomic E-state index is 12.8. The van der Waals surface area contributed by atoms with Crippen LogP contribution in [0.1, 0.15) is 34.3 Å². The summed E-state index contributed by atoms with van der Waals surface area (Å²) in [5, 5.41) is 2.85. The van der Waals surface area contributed by atoms with Crippen LogP contribution in [0, 0.1) is 13.8 Å². The third-order valence-electron chi connectivity index (χ3n) is 4.75. The molecule has 7 heteroatoms. The number of amides is 1. The average molecular weight is 388 g/mol. The van der Waals surface area contributed by atoms with E-state index in [0.717, 1.165) is 24.0 Å². The zero-order valence-electron chi connectivity index (χ0n) is 15.8. The predicted molar refractivity (Wildman–Crippen MR) is 105 cm³/mol. The zero-order chi connectivity index (χ0) is 19.6. The molecule has 0 bridgehead atoms. The van der Waals surface area contributed by atoms with E-state index >= 15 is 0 Å². The van der Waals surface area contributed by atoms with Gasteiger partial charge in [-0.05, 0) is 56.5 Å². The summed E-state index contributed by atoms with van der Waals surface area (Å²) in [6, 6.07) is 10.1. The van der Waals surface area contributed by atoms with Gasteiger partial charge in [0, 0.05) is 18.8 Å². The number of nitrogens with one attached hydrogen (secondary N) is 1. The summed E-state index contributed by atoms with van der Waals surface area (Å²) < 4.78 is 32.4. The van der Waals surface area contributed by atoms with Gasteiger partial charge in [-0.2, -0.15) is 4.31 Å². The number of nitrogens with zero attached hydrogens (tertiary/aromatic N) is 1. The molecule has 1 heterocycles. The molecule has 1 fully saturated rings. The molecule has 0 aromatic heterocycles. The van der Waals surface area contributed by atoms with Gasteiger partial charge in [-0.25, -0.2) is 8.42 Å². The van der Waals surface area contributed by atoms with Crippen molar-refractivity contribution < 1.29 is 17.9 Å². The van der Waals surface area contributed by atoms with E-state index in [0.29, 0.717) is 24.5 Å². The number of ether oxygens (including phenoxy) is 1. The van der Waals surface area contributed by atoms with Crippen molar-refractivity contribution in [1.29, 1.82) is 0 Å². The fourth-order valence-electron chi connectivity index (χ4n) is 3.25. The molecule has 1 saturated heterocycles.